The molecule has 6 atom stereocenters. The second-order valence-corrected chi connectivity index (χ2v) is 11.7. The van der Waals surface area contributed by atoms with Gasteiger partial charge in [0, 0.05) is 12.0 Å². The monoisotopic (exact) mass is 554 g/mol. The molecule has 0 aliphatic heterocycles. The van der Waals surface area contributed by atoms with Gasteiger partial charge in [0.05, 0.1) is 29.8 Å². The molecule has 0 heterocycles. The number of amides is 2. The first-order valence-corrected chi connectivity index (χ1v) is 13.6. The lowest BCUT2D eigenvalue weighted by Crippen LogP contribution is -2.74. The molecule has 3 saturated carbocycles. The molecule has 1 aromatic rings. The highest BCUT2D eigenvalue weighted by Gasteiger charge is 2.69. The number of fused-ring (bicyclic) bond motifs is 3. The molecule has 1 aromatic carbocycles. The molecule has 0 aromatic heterocycles. The lowest BCUT2D eigenvalue weighted by Gasteiger charge is -2.52. The number of ketones is 4. The lowest BCUT2D eigenvalue weighted by molar-refractivity contribution is -0.181. The normalized spacial score (nSPS) is 31.9. The molecular formula is C28H34N4O8. The van der Waals surface area contributed by atoms with Crippen molar-refractivity contribution in [1.82, 2.24) is 10.2 Å². The van der Waals surface area contributed by atoms with E-state index >= 15 is 0 Å². The van der Waals surface area contributed by atoms with Crippen molar-refractivity contribution >= 4 is 40.6 Å². The van der Waals surface area contributed by atoms with Crippen molar-refractivity contribution < 1.29 is 39.0 Å². The maximum absolute atomic E-state index is 13.8. The molecule has 0 bridgehead atoms. The van der Waals surface area contributed by atoms with Crippen molar-refractivity contribution in [2.45, 2.75) is 56.2 Å². The molecular weight excluding hydrogens is 520 g/mol. The fourth-order valence-electron chi connectivity index (χ4n) is 7.25. The summed E-state index contributed by atoms with van der Waals surface area (Å²) in [6.07, 6.45) is 4.13. The van der Waals surface area contributed by atoms with Gasteiger partial charge in [-0.3, -0.25) is 33.7 Å². The van der Waals surface area contributed by atoms with Crippen LogP contribution in [-0.4, -0.2) is 88.4 Å². The fourth-order valence-corrected chi connectivity index (χ4v) is 7.25. The van der Waals surface area contributed by atoms with Crippen molar-refractivity contribution in [3.8, 4) is 5.75 Å². The molecule has 4 aliphatic rings. The molecule has 0 spiro atoms. The Labute approximate surface area is 230 Å². The van der Waals surface area contributed by atoms with Crippen LogP contribution in [0.3, 0.4) is 0 Å². The minimum atomic E-state index is -2.76. The summed E-state index contributed by atoms with van der Waals surface area (Å²) >= 11 is 0. The van der Waals surface area contributed by atoms with E-state index in [1.807, 2.05) is 0 Å². The summed E-state index contributed by atoms with van der Waals surface area (Å²) in [7, 11) is 3.07. The molecule has 5 rings (SSSR count). The van der Waals surface area contributed by atoms with Gasteiger partial charge in [0.15, 0.2) is 34.7 Å². The van der Waals surface area contributed by atoms with E-state index in [-0.39, 0.29) is 42.6 Å². The second-order valence-electron chi connectivity index (χ2n) is 11.7. The molecule has 214 valence electrons. The Balaban J connectivity index is 1.44. The zero-order chi connectivity index (χ0) is 29.1. The van der Waals surface area contributed by atoms with Crippen molar-refractivity contribution in [3.05, 3.63) is 23.3 Å². The summed E-state index contributed by atoms with van der Waals surface area (Å²) in [6, 6.07) is 2.17. The molecule has 40 heavy (non-hydrogen) atoms. The summed E-state index contributed by atoms with van der Waals surface area (Å²) in [5.74, 6) is -11.2. The maximum atomic E-state index is 13.8. The summed E-state index contributed by atoms with van der Waals surface area (Å²) in [4.78, 5) is 79.9. The third-order valence-electron chi connectivity index (χ3n) is 9.09. The number of anilines is 1. The SMILES string of the molecule is CN(C)[C@@H]1C(=O)C(C(N)=O)C(=O)C2(O)C(=O)C3C(=O)c4c(ccc(NCC(=O)NC5CCCC5)c4O)CC3CC12. The standard InChI is InChI=1S/C28H34N4O8/c1-32(2)21-15-10-13-9-12-7-8-16(30-11-17(33)31-14-5-3-4-6-14)22(34)18(12)23(35)19(13)25(37)28(15,40)26(38)20(24(21)36)27(29)39/h7-8,13-15,19-21,30,34,40H,3-6,9-11H2,1-2H3,(H2,29,39)(H,31,33)/t13?,15?,19?,20?,21-,28?/m0/s1. The predicted octanol–water partition coefficient (Wildman–Crippen LogP) is -0.662. The molecule has 12 nitrogen and oxygen atoms in total. The second kappa shape index (κ2) is 10.1. The number of hydrogen-bond acceptors (Lipinski definition) is 10. The number of hydrogen-bond donors (Lipinski definition) is 5. The van der Waals surface area contributed by atoms with E-state index < -0.39 is 70.1 Å². The third-order valence-corrected chi connectivity index (χ3v) is 9.09. The number of Topliss-reactive ketones (excluding diaryl/α,β-unsaturated/α-hetero) is 4. The Kier molecular flexibility index (Phi) is 7.03. The number of carbonyl (C=O) groups excluding carboxylic acids is 6. The van der Waals surface area contributed by atoms with Gasteiger partial charge in [-0.25, -0.2) is 0 Å². The van der Waals surface area contributed by atoms with Gasteiger partial charge in [-0.1, -0.05) is 18.9 Å². The van der Waals surface area contributed by atoms with E-state index in [0.717, 1.165) is 25.7 Å². The Morgan fingerprint density at radius 1 is 1.10 bits per heavy atom. The molecule has 4 aliphatic carbocycles. The highest BCUT2D eigenvalue weighted by molar-refractivity contribution is 6.32. The van der Waals surface area contributed by atoms with E-state index in [0.29, 0.717) is 5.56 Å². The van der Waals surface area contributed by atoms with Crippen LogP contribution < -0.4 is 16.4 Å². The number of aromatic hydroxyl groups is 1. The van der Waals surface area contributed by atoms with Gasteiger partial charge in [-0.15, -0.1) is 0 Å². The van der Waals surface area contributed by atoms with Crippen molar-refractivity contribution in [3.63, 3.8) is 0 Å². The molecule has 2 amide bonds. The van der Waals surface area contributed by atoms with Gasteiger partial charge < -0.3 is 26.6 Å². The van der Waals surface area contributed by atoms with E-state index in [2.05, 4.69) is 10.6 Å². The maximum Gasteiger partial charge on any atom is 0.239 e. The van der Waals surface area contributed by atoms with Crippen LogP contribution in [0.15, 0.2) is 12.1 Å². The number of phenols is 1. The first-order valence-electron chi connectivity index (χ1n) is 13.6. The minimum Gasteiger partial charge on any atom is -0.505 e. The number of nitrogens with one attached hydrogen (secondary N) is 2. The number of benzene rings is 1. The topological polar surface area (TPSA) is 196 Å². The lowest BCUT2D eigenvalue weighted by atomic mass is 9.52. The average molecular weight is 555 g/mol. The van der Waals surface area contributed by atoms with Crippen LogP contribution in [0.1, 0.15) is 48.0 Å². The Bertz CT molecular complexity index is 1320. The van der Waals surface area contributed by atoms with Gasteiger partial charge in [0.2, 0.25) is 11.8 Å². The number of likely N-dealkylation sites (N-methyl/N-ethyl adjacent to an activating group) is 1. The molecule has 3 fully saturated rings. The molecule has 0 radical (unpaired) electrons. The van der Waals surface area contributed by atoms with Gasteiger partial charge in [-0.05, 0) is 57.3 Å². The number of nitrogens with two attached hydrogens (primary N) is 1. The smallest absolute Gasteiger partial charge is 0.239 e. The highest BCUT2D eigenvalue weighted by atomic mass is 16.3. The van der Waals surface area contributed by atoms with E-state index in [9.17, 15) is 39.0 Å². The number of nitrogens with zero attached hydrogens (tertiary/aromatic N) is 1. The van der Waals surface area contributed by atoms with Gasteiger partial charge in [0.25, 0.3) is 0 Å². The molecule has 0 saturated heterocycles. The Morgan fingerprint density at radius 2 is 1.77 bits per heavy atom. The zero-order valence-corrected chi connectivity index (χ0v) is 22.4. The number of rotatable bonds is 6. The molecule has 12 heteroatoms. The Hall–Kier alpha value is -3.64. The van der Waals surface area contributed by atoms with Gasteiger partial charge in [-0.2, -0.15) is 0 Å². The number of phenolic OH excluding ortho intramolecular Hbond substituents is 1. The summed E-state index contributed by atoms with van der Waals surface area (Å²) in [5.41, 5.74) is 3.06. The summed E-state index contributed by atoms with van der Waals surface area (Å²) < 4.78 is 0. The van der Waals surface area contributed by atoms with Crippen LogP contribution in [0.5, 0.6) is 5.75 Å². The third kappa shape index (κ3) is 4.21. The van der Waals surface area contributed by atoms with E-state index in [1.165, 1.54) is 19.0 Å². The average Bonchev–Trinajstić information content (AvgIpc) is 3.38. The minimum absolute atomic E-state index is 0.00794. The van der Waals surface area contributed by atoms with E-state index in [4.69, 9.17) is 5.73 Å². The van der Waals surface area contributed by atoms with Crippen molar-refractivity contribution in [2.24, 2.45) is 29.4 Å². The van der Waals surface area contributed by atoms with Crippen LogP contribution in [-0.2, 0) is 30.4 Å². The van der Waals surface area contributed by atoms with Crippen LogP contribution in [0.25, 0.3) is 0 Å². The van der Waals surface area contributed by atoms with Gasteiger partial charge in [0.1, 0.15) is 5.75 Å². The summed E-state index contributed by atoms with van der Waals surface area (Å²) in [6.45, 7) is -0.133. The van der Waals surface area contributed by atoms with Crippen LogP contribution in [0.2, 0.25) is 0 Å². The van der Waals surface area contributed by atoms with Crippen LogP contribution in [0, 0.1) is 23.7 Å². The van der Waals surface area contributed by atoms with E-state index in [1.54, 1.807) is 12.1 Å². The van der Waals surface area contributed by atoms with Crippen molar-refractivity contribution in [1.29, 1.82) is 0 Å². The number of aliphatic hydroxyl groups is 1. The quantitative estimate of drug-likeness (QED) is 0.222. The van der Waals surface area contributed by atoms with Crippen LogP contribution in [0.4, 0.5) is 5.69 Å². The first-order chi connectivity index (χ1) is 18.9. The molecule has 5 unspecified atom stereocenters. The molecule has 6 N–H and O–H groups in total. The van der Waals surface area contributed by atoms with Crippen LogP contribution >= 0.6 is 0 Å². The van der Waals surface area contributed by atoms with Crippen molar-refractivity contribution in [2.75, 3.05) is 26.0 Å². The number of carbonyl (C=O) groups is 6. The Morgan fingerprint density at radius 3 is 2.40 bits per heavy atom. The fraction of sp³-hybridized carbons (Fsp3) is 0.571. The predicted molar refractivity (Wildman–Crippen MR) is 140 cm³/mol. The summed E-state index contributed by atoms with van der Waals surface area (Å²) in [5, 5.41) is 28.4. The first kappa shape index (κ1) is 27.9. The highest BCUT2D eigenvalue weighted by Crippen LogP contribution is 2.51. The number of primary amides is 1. The zero-order valence-electron chi connectivity index (χ0n) is 22.4. The largest absolute Gasteiger partial charge is 0.505 e. The van der Waals surface area contributed by atoms with Gasteiger partial charge >= 0.3 is 0 Å².